The van der Waals surface area contributed by atoms with Crippen LogP contribution in [0.25, 0.3) is 33.4 Å². The summed E-state index contributed by atoms with van der Waals surface area (Å²) in [5, 5.41) is 51.8. The van der Waals surface area contributed by atoms with Crippen LogP contribution in [0.15, 0.2) is 209 Å². The van der Waals surface area contributed by atoms with E-state index in [0.717, 1.165) is 118 Å². The van der Waals surface area contributed by atoms with E-state index in [4.69, 9.17) is 36.0 Å². The molecule has 0 unspecified atom stereocenters. The number of hydrogen-bond donors (Lipinski definition) is 4. The third-order valence-electron chi connectivity index (χ3n) is 18.9. The highest BCUT2D eigenvalue weighted by atomic mass is 79.9. The molecule has 9 aromatic heterocycles. The molecule has 0 atom stereocenters. The van der Waals surface area contributed by atoms with Crippen molar-refractivity contribution in [2.24, 2.45) is 5.84 Å². The molecule has 0 bridgehead atoms. The van der Waals surface area contributed by atoms with Crippen LogP contribution in [0.4, 0.5) is 0 Å². The molecule has 6 aromatic carbocycles. The van der Waals surface area contributed by atoms with E-state index in [1.807, 2.05) is 153 Å². The fourth-order valence-corrected chi connectivity index (χ4v) is 15.8. The second-order valence-corrected chi connectivity index (χ2v) is 36.4. The largest absolute Gasteiger partial charge is 0.465 e. The SMILES string of the molecule is BrCc1ccccc1-c1ccccc1.C.C.C.C.C.CCOC(=O)CBr.CCOC(=O)Cn1nc(C)c(Br)c1C.Cc1n[nH]c(C)c1Br.Cc1nn(CC(=O)NN)c(C)c1Br.Cc1nn(Cc2n[nH]c(=S)o2)c(C)c1Br.Cc1nn(Cc2nnc(CCc3ccccc3-c3ccccc3)o2)c(C)c1Br.Cc1nn(Cc2nnc(S(=O)(=O)Cc3ccccc3-c3ccccc3)o2)c(C)c1Br. The van der Waals surface area contributed by atoms with E-state index in [2.05, 4.69) is 301 Å². The van der Waals surface area contributed by atoms with Crippen molar-refractivity contribution in [2.75, 3.05) is 18.5 Å². The number of hydrogen-bond acceptors (Lipinski definition) is 23. The molecule has 0 saturated heterocycles. The van der Waals surface area contributed by atoms with E-state index >= 15 is 0 Å². The topological polar surface area (TPSA) is 379 Å². The molecule has 0 radical (unpaired) electrons. The predicted molar refractivity (Wildman–Crippen MR) is 560 cm³/mol. The van der Waals surface area contributed by atoms with Crippen LogP contribution >= 0.6 is 140 Å². The van der Waals surface area contributed by atoms with Gasteiger partial charge in [-0.15, -0.1) is 20.4 Å². The molecule has 40 heteroatoms. The van der Waals surface area contributed by atoms with Crippen LogP contribution in [0.1, 0.15) is 160 Å². The number of carbonyl (C=O) groups excluding carboxylic acids is 3. The number of benzene rings is 6. The lowest BCUT2D eigenvalue weighted by Gasteiger charge is -2.09. The highest BCUT2D eigenvalue weighted by molar-refractivity contribution is 9.11. The Kier molecular flexibility index (Phi) is 52.0. The number of rotatable bonds is 23. The van der Waals surface area contributed by atoms with E-state index in [1.165, 1.54) is 33.4 Å². The first-order valence-corrected chi connectivity index (χ1v) is 49.0. The van der Waals surface area contributed by atoms with Crippen molar-refractivity contribution in [3.8, 4) is 33.4 Å². The number of aryl methyl sites for hydroxylation is 9. The molecule has 5 N–H and O–H groups in total. The third-order valence-corrected chi connectivity index (χ3v) is 28.5. The summed E-state index contributed by atoms with van der Waals surface area (Å²) in [5.74, 6) is 5.94. The summed E-state index contributed by atoms with van der Waals surface area (Å²) in [6.45, 7) is 29.1. The number of esters is 2. The van der Waals surface area contributed by atoms with E-state index in [9.17, 15) is 22.8 Å². The maximum Gasteiger partial charge on any atom is 0.335 e. The molecular weight excluding hydrogens is 2270 g/mol. The Morgan fingerprint density at radius 3 is 1.13 bits per heavy atom. The van der Waals surface area contributed by atoms with Crippen molar-refractivity contribution in [1.29, 1.82) is 0 Å². The van der Waals surface area contributed by atoms with Crippen molar-refractivity contribution in [3.63, 3.8) is 0 Å². The molecule has 0 spiro atoms. The summed E-state index contributed by atoms with van der Waals surface area (Å²) in [6.07, 6.45) is 1.55. The molecule has 0 aliphatic carbocycles. The Hall–Kier alpha value is -9.62. The van der Waals surface area contributed by atoms with Crippen LogP contribution in [0.3, 0.4) is 0 Å². The summed E-state index contributed by atoms with van der Waals surface area (Å²) >= 11 is 31.8. The van der Waals surface area contributed by atoms with Gasteiger partial charge in [0.05, 0.1) is 108 Å². The van der Waals surface area contributed by atoms with E-state index in [-0.39, 0.29) is 96.3 Å². The molecule has 15 aromatic rings. The summed E-state index contributed by atoms with van der Waals surface area (Å²) in [5.41, 5.74) is 23.6. The molecular formula is C94H118Br8N20O10S2. The molecule has 0 saturated carbocycles. The number of aromatic amines is 2. The number of amides is 1. The average Bonchev–Trinajstić information content (AvgIpc) is 1.64. The van der Waals surface area contributed by atoms with Crippen LogP contribution in [-0.2, 0) is 90.3 Å². The Labute approximate surface area is 857 Å². The van der Waals surface area contributed by atoms with Crippen LogP contribution in [0, 0.1) is 87.9 Å². The molecule has 134 heavy (non-hydrogen) atoms. The molecule has 30 nitrogen and oxygen atoms in total. The first kappa shape index (κ1) is 119. The van der Waals surface area contributed by atoms with Gasteiger partial charge in [-0.2, -0.15) is 30.6 Å². The first-order valence-electron chi connectivity index (χ1n) is 40.0. The molecule has 722 valence electrons. The lowest BCUT2D eigenvalue weighted by Crippen LogP contribution is -2.33. The van der Waals surface area contributed by atoms with Crippen molar-refractivity contribution in [2.45, 2.75) is 196 Å². The number of hydrazine groups is 1. The number of alkyl halides is 2. The maximum atomic E-state index is 12.9. The maximum absolute atomic E-state index is 12.9. The molecule has 0 aliphatic heterocycles. The van der Waals surface area contributed by atoms with Crippen LogP contribution < -0.4 is 11.3 Å². The lowest BCUT2D eigenvalue weighted by atomic mass is 9.97. The number of nitrogens with two attached hydrogens (primary N) is 1. The minimum Gasteiger partial charge on any atom is -0.465 e. The van der Waals surface area contributed by atoms with Crippen LogP contribution in [0.2, 0.25) is 0 Å². The number of ether oxygens (including phenoxy) is 2. The van der Waals surface area contributed by atoms with Crippen LogP contribution in [0.5, 0.6) is 0 Å². The molecule has 9 heterocycles. The fraction of sp³-hybridized carbons (Fsp3) is 0.330. The Morgan fingerprint density at radius 2 is 0.769 bits per heavy atom. The van der Waals surface area contributed by atoms with Gasteiger partial charge in [-0.3, -0.25) is 48.3 Å². The highest BCUT2D eigenvalue weighted by Crippen LogP contribution is 2.31. The summed E-state index contributed by atoms with van der Waals surface area (Å²) in [6, 6.07) is 54.9. The Balaban J connectivity index is 0.000000409. The van der Waals surface area contributed by atoms with Gasteiger partial charge in [0.2, 0.25) is 33.4 Å². The number of H-pyrrole nitrogens is 2. The van der Waals surface area contributed by atoms with Crippen molar-refractivity contribution < 1.29 is 45.5 Å². The monoisotopic (exact) mass is 2380 g/mol. The first-order chi connectivity index (χ1) is 61.6. The molecule has 1 amide bonds. The second kappa shape index (κ2) is 58.7. The number of nitrogens with one attached hydrogen (secondary N) is 3. The quantitative estimate of drug-likeness (QED) is 0.0115. The van der Waals surface area contributed by atoms with Gasteiger partial charge in [0, 0.05) is 17.4 Å². The molecule has 0 fully saturated rings. The lowest BCUT2D eigenvalue weighted by molar-refractivity contribution is -0.144. The zero-order valence-corrected chi connectivity index (χ0v) is 87.6. The second-order valence-electron chi connectivity index (χ2n) is 28.3. The number of carbonyl (C=O) groups is 3. The van der Waals surface area contributed by atoms with Gasteiger partial charge in [-0.25, -0.2) is 19.4 Å². The number of halogens is 8. The van der Waals surface area contributed by atoms with E-state index < -0.39 is 9.84 Å². The van der Waals surface area contributed by atoms with Gasteiger partial charge in [0.1, 0.15) is 38.1 Å². The van der Waals surface area contributed by atoms with E-state index in [0.29, 0.717) is 61.3 Å². The molecule has 15 rings (SSSR count). The smallest absolute Gasteiger partial charge is 0.335 e. The van der Waals surface area contributed by atoms with Gasteiger partial charge >= 0.3 is 17.2 Å². The van der Waals surface area contributed by atoms with Gasteiger partial charge in [-0.1, -0.05) is 238 Å². The van der Waals surface area contributed by atoms with Crippen molar-refractivity contribution in [3.05, 3.63) is 304 Å². The van der Waals surface area contributed by atoms with Crippen LogP contribution in [-0.4, -0.2) is 134 Å². The number of nitrogens with zero attached hydrogens (tertiary/aromatic N) is 16. The molecule has 0 aliphatic rings. The summed E-state index contributed by atoms with van der Waals surface area (Å²) in [4.78, 5) is 32.6. The number of sulfone groups is 1. The highest BCUT2D eigenvalue weighted by Gasteiger charge is 2.26. The van der Waals surface area contributed by atoms with Gasteiger partial charge < -0.3 is 22.7 Å². The minimum atomic E-state index is -3.81. The van der Waals surface area contributed by atoms with Crippen molar-refractivity contribution >= 4 is 167 Å². The normalized spacial score (nSPS) is 10.3. The Morgan fingerprint density at radius 1 is 0.410 bits per heavy atom. The van der Waals surface area contributed by atoms with E-state index in [1.54, 1.807) is 34.0 Å². The standard InChI is InChI=1S/C22H21BrN4O.C21H19BrN4O3S.C13H11Br.C9H13BrN2O2.C8H9BrN4OS.C7H11BrN4O.C5H7BrN2.C4H7BrO2.5CH4/c1-15-22(23)16(2)27(26-15)14-21-25-24-20(28-21)13-12-18-10-6-7-11-19(18)17-8-4-3-5-9-17;1-14-20(22)15(2)26(25-14)12-19-23-24-21(29-19)30(27,28)13-17-10-6-7-11-18(17)16-8-4-3-5-9-16;14-10-12-8-4-5-9-13(12)11-6-2-1-3-7-11;1-4-14-8(13)5-12-7(3)9(10)6(2)11-12;1-4-7(9)5(2)13(12-4)3-6-10-11-8(15)14-6;1-4-7(8)5(2)12(11-4)3-6(13)10-9;1-3-5(6)4(2)8-7-3;1-2-7-4(6)3-5;;;;;/h3-11H,12-14H2,1-2H3;3-11H,12-13H2,1-2H3;1-9H,10H2;4-5H2,1-3H3;3H2,1-2H3,(H,11,15);3,9H2,1-2H3,(H,10,13);1-2H3,(H,7,8);2-3H2,1H3;5*1H4. The Bertz CT molecular complexity index is 6330. The zero-order valence-electron chi connectivity index (χ0n) is 73.2. The van der Waals surface area contributed by atoms with Gasteiger partial charge in [0.25, 0.3) is 10.7 Å². The minimum absolute atomic E-state index is 0. The third kappa shape index (κ3) is 34.9. The average molecular weight is 2390 g/mol. The van der Waals surface area contributed by atoms with Gasteiger partial charge in [0.15, 0.2) is 0 Å². The number of aromatic nitrogens is 18. The fourth-order valence-electron chi connectivity index (χ4n) is 12.2. The summed E-state index contributed by atoms with van der Waals surface area (Å²) in [7, 11) is -3.81. The van der Waals surface area contributed by atoms with Crippen molar-refractivity contribution in [1.82, 2.24) is 95.1 Å². The predicted octanol–water partition coefficient (Wildman–Crippen LogP) is 24.1. The zero-order chi connectivity index (χ0) is 94.2. The summed E-state index contributed by atoms with van der Waals surface area (Å²) < 4.78 is 66.2. The van der Waals surface area contributed by atoms with Gasteiger partial charge in [-0.05, 0) is 261 Å².